The maximum Gasteiger partial charge on any atom is 0.333 e. The van der Waals surface area contributed by atoms with Crippen LogP contribution in [-0.4, -0.2) is 18.9 Å². The number of esters is 1. The molecular formula is C20H30O3. The molecule has 3 aliphatic rings. The third-order valence-electron chi connectivity index (χ3n) is 7.22. The molecule has 0 spiro atoms. The lowest BCUT2D eigenvalue weighted by Gasteiger charge is -2.59. The number of ketones is 1. The highest BCUT2D eigenvalue weighted by molar-refractivity contribution is 5.97. The summed E-state index contributed by atoms with van der Waals surface area (Å²) in [6.07, 6.45) is 9.04. The maximum atomic E-state index is 12.8. The summed E-state index contributed by atoms with van der Waals surface area (Å²) in [5, 5.41) is 0. The van der Waals surface area contributed by atoms with Crippen molar-refractivity contribution in [1.29, 1.82) is 0 Å². The fourth-order valence-electron chi connectivity index (χ4n) is 6.10. The van der Waals surface area contributed by atoms with Crippen LogP contribution in [0, 0.1) is 28.6 Å². The Hall–Kier alpha value is -1.12. The highest BCUT2D eigenvalue weighted by atomic mass is 16.5. The SMILES string of the molecule is COC(=O)C1=CC[C@H]2[C@@H](CC[C@H]3C(C)(C)CCC[C@]23C)C(=O)C1. The summed E-state index contributed by atoms with van der Waals surface area (Å²) < 4.78 is 4.85. The monoisotopic (exact) mass is 318 g/mol. The van der Waals surface area contributed by atoms with Crippen molar-refractivity contribution in [2.75, 3.05) is 7.11 Å². The molecule has 3 rings (SSSR count). The minimum Gasteiger partial charge on any atom is -0.466 e. The number of carbonyl (C=O) groups excluding carboxylic acids is 2. The molecule has 0 amide bonds. The molecule has 2 fully saturated rings. The van der Waals surface area contributed by atoms with Gasteiger partial charge in [0, 0.05) is 17.9 Å². The summed E-state index contributed by atoms with van der Waals surface area (Å²) in [6, 6.07) is 0. The number of fused-ring (bicyclic) bond motifs is 3. The van der Waals surface area contributed by atoms with Crippen LogP contribution in [0.4, 0.5) is 0 Å². The first-order valence-corrected chi connectivity index (χ1v) is 9.09. The summed E-state index contributed by atoms with van der Waals surface area (Å²) in [7, 11) is 1.40. The number of hydrogen-bond donors (Lipinski definition) is 0. The quantitative estimate of drug-likeness (QED) is 0.677. The predicted octanol–water partition coefficient (Wildman–Crippen LogP) is 4.31. The maximum absolute atomic E-state index is 12.8. The number of Topliss-reactive ketones (excluding diaryl/α,β-unsaturated/α-hetero) is 1. The van der Waals surface area contributed by atoms with Crippen LogP contribution in [-0.2, 0) is 14.3 Å². The Bertz CT molecular complexity index is 545. The molecule has 0 radical (unpaired) electrons. The van der Waals surface area contributed by atoms with Gasteiger partial charge in [-0.05, 0) is 54.8 Å². The first kappa shape index (κ1) is 16.7. The number of hydrogen-bond acceptors (Lipinski definition) is 3. The van der Waals surface area contributed by atoms with Crippen LogP contribution in [0.2, 0.25) is 0 Å². The van der Waals surface area contributed by atoms with E-state index in [2.05, 4.69) is 20.8 Å². The standard InChI is InChI=1S/C20H30O3/c1-19(2)10-5-11-20(3)15-8-6-13(18(22)23-4)12-16(21)14(15)7-9-17(19)20/h6,14-15,17H,5,7-12H2,1-4H3/t14-,15+,17+,20-/m1/s1. The van der Waals surface area contributed by atoms with Crippen LogP contribution in [0.5, 0.6) is 0 Å². The molecule has 0 bridgehead atoms. The fourth-order valence-corrected chi connectivity index (χ4v) is 6.10. The summed E-state index contributed by atoms with van der Waals surface area (Å²) in [4.78, 5) is 24.7. The van der Waals surface area contributed by atoms with E-state index in [0.29, 0.717) is 22.8 Å². The summed E-state index contributed by atoms with van der Waals surface area (Å²) >= 11 is 0. The summed E-state index contributed by atoms with van der Waals surface area (Å²) in [5.74, 6) is 1.12. The third kappa shape index (κ3) is 2.66. The lowest BCUT2D eigenvalue weighted by Crippen LogP contribution is -2.52. The van der Waals surface area contributed by atoms with Gasteiger partial charge in [-0.15, -0.1) is 0 Å². The van der Waals surface area contributed by atoms with Gasteiger partial charge in [-0.25, -0.2) is 4.79 Å². The largest absolute Gasteiger partial charge is 0.466 e. The van der Waals surface area contributed by atoms with Crippen molar-refractivity contribution in [3.05, 3.63) is 11.6 Å². The first-order chi connectivity index (χ1) is 10.8. The van der Waals surface area contributed by atoms with Gasteiger partial charge in [0.25, 0.3) is 0 Å². The number of methoxy groups -OCH3 is 1. The van der Waals surface area contributed by atoms with E-state index in [1.807, 2.05) is 6.08 Å². The molecule has 4 atom stereocenters. The van der Waals surface area contributed by atoms with Crippen LogP contribution >= 0.6 is 0 Å². The van der Waals surface area contributed by atoms with Crippen LogP contribution < -0.4 is 0 Å². The number of carbonyl (C=O) groups is 2. The minimum absolute atomic E-state index is 0.128. The third-order valence-corrected chi connectivity index (χ3v) is 7.22. The highest BCUT2D eigenvalue weighted by Crippen LogP contribution is 2.62. The van der Waals surface area contributed by atoms with Gasteiger partial charge in [-0.2, -0.15) is 0 Å². The minimum atomic E-state index is -0.331. The van der Waals surface area contributed by atoms with Crippen molar-refractivity contribution in [2.45, 2.75) is 65.7 Å². The lowest BCUT2D eigenvalue weighted by atomic mass is 9.46. The van der Waals surface area contributed by atoms with E-state index < -0.39 is 0 Å². The molecule has 128 valence electrons. The summed E-state index contributed by atoms with van der Waals surface area (Å²) in [5.41, 5.74) is 1.16. The van der Waals surface area contributed by atoms with E-state index in [-0.39, 0.29) is 29.5 Å². The Morgan fingerprint density at radius 2 is 1.96 bits per heavy atom. The fraction of sp³-hybridized carbons (Fsp3) is 0.800. The van der Waals surface area contributed by atoms with Crippen molar-refractivity contribution >= 4 is 11.8 Å². The van der Waals surface area contributed by atoms with E-state index >= 15 is 0 Å². The van der Waals surface area contributed by atoms with E-state index in [1.165, 1.54) is 26.4 Å². The molecule has 2 saturated carbocycles. The van der Waals surface area contributed by atoms with Gasteiger partial charge in [0.05, 0.1) is 7.11 Å². The molecule has 3 heteroatoms. The van der Waals surface area contributed by atoms with E-state index in [4.69, 9.17) is 4.74 Å². The zero-order chi connectivity index (χ0) is 16.8. The van der Waals surface area contributed by atoms with Crippen LogP contribution in [0.25, 0.3) is 0 Å². The Kier molecular flexibility index (Phi) is 4.18. The van der Waals surface area contributed by atoms with E-state index in [0.717, 1.165) is 19.3 Å². The van der Waals surface area contributed by atoms with E-state index in [1.54, 1.807) is 0 Å². The van der Waals surface area contributed by atoms with Gasteiger partial charge in [-0.1, -0.05) is 33.3 Å². The normalized spacial score (nSPS) is 39.6. The number of allylic oxidation sites excluding steroid dienone is 1. The average Bonchev–Trinajstić information content (AvgIpc) is 2.66. The number of ether oxygens (including phenoxy) is 1. The zero-order valence-corrected chi connectivity index (χ0v) is 15.0. The Labute approximate surface area is 139 Å². The topological polar surface area (TPSA) is 43.4 Å². The zero-order valence-electron chi connectivity index (χ0n) is 15.0. The molecule has 23 heavy (non-hydrogen) atoms. The molecular weight excluding hydrogens is 288 g/mol. The van der Waals surface area contributed by atoms with Gasteiger partial charge in [-0.3, -0.25) is 4.79 Å². The Morgan fingerprint density at radius 3 is 2.65 bits per heavy atom. The summed E-state index contributed by atoms with van der Waals surface area (Å²) in [6.45, 7) is 7.23. The van der Waals surface area contributed by atoms with Crippen molar-refractivity contribution in [1.82, 2.24) is 0 Å². The van der Waals surface area contributed by atoms with Gasteiger partial charge in [0.1, 0.15) is 5.78 Å². The van der Waals surface area contributed by atoms with Crippen LogP contribution in [0.1, 0.15) is 65.7 Å². The Morgan fingerprint density at radius 1 is 1.22 bits per heavy atom. The molecule has 3 aliphatic carbocycles. The molecule has 0 heterocycles. The van der Waals surface area contributed by atoms with Crippen LogP contribution in [0.15, 0.2) is 11.6 Å². The van der Waals surface area contributed by atoms with Crippen molar-refractivity contribution in [3.8, 4) is 0 Å². The van der Waals surface area contributed by atoms with Gasteiger partial charge >= 0.3 is 5.97 Å². The number of rotatable bonds is 1. The molecule has 0 aromatic rings. The smallest absolute Gasteiger partial charge is 0.333 e. The molecule has 0 aromatic carbocycles. The molecule has 0 unspecified atom stereocenters. The van der Waals surface area contributed by atoms with E-state index in [9.17, 15) is 9.59 Å². The molecule has 0 saturated heterocycles. The first-order valence-electron chi connectivity index (χ1n) is 9.09. The lowest BCUT2D eigenvalue weighted by molar-refractivity contribution is -0.140. The van der Waals surface area contributed by atoms with Gasteiger partial charge in [0.15, 0.2) is 0 Å². The molecule has 0 aliphatic heterocycles. The second kappa shape index (κ2) is 5.75. The average molecular weight is 318 g/mol. The van der Waals surface area contributed by atoms with Gasteiger partial charge in [0.2, 0.25) is 0 Å². The molecule has 3 nitrogen and oxygen atoms in total. The van der Waals surface area contributed by atoms with Crippen molar-refractivity contribution in [2.24, 2.45) is 28.6 Å². The second-order valence-electron chi connectivity index (χ2n) is 8.79. The highest BCUT2D eigenvalue weighted by Gasteiger charge is 2.55. The molecule has 0 N–H and O–H groups in total. The van der Waals surface area contributed by atoms with Crippen LogP contribution in [0.3, 0.4) is 0 Å². The predicted molar refractivity (Wildman–Crippen MR) is 89.8 cm³/mol. The second-order valence-corrected chi connectivity index (χ2v) is 8.79. The van der Waals surface area contributed by atoms with Crippen molar-refractivity contribution in [3.63, 3.8) is 0 Å². The van der Waals surface area contributed by atoms with Gasteiger partial charge < -0.3 is 4.74 Å². The Balaban J connectivity index is 1.94. The molecule has 0 aromatic heterocycles. The van der Waals surface area contributed by atoms with Crippen molar-refractivity contribution < 1.29 is 14.3 Å².